The predicted molar refractivity (Wildman–Crippen MR) is 46.1 cm³/mol. The molecule has 1 rings (SSSR count). The Bertz CT molecular complexity index is 501. The Morgan fingerprint density at radius 3 is 1.25 bits per heavy atom. The molecule has 0 heterocycles. The van der Waals surface area contributed by atoms with Crippen LogP contribution in [0.3, 0.4) is 0 Å². The fraction of sp³-hybridized carbons (Fsp3) is 0. The zero-order chi connectivity index (χ0) is 11.0. The van der Waals surface area contributed by atoms with Gasteiger partial charge in [-0.3, -0.25) is 9.11 Å². The molecule has 0 unspecified atom stereocenters. The van der Waals surface area contributed by atoms with Gasteiger partial charge in [-0.2, -0.15) is 16.8 Å². The fourth-order valence-electron chi connectivity index (χ4n) is 0.876. The van der Waals surface area contributed by atoms with Crippen molar-refractivity contribution < 1.29 is 60.4 Å². The van der Waals surface area contributed by atoms with Gasteiger partial charge in [0.05, 0.1) is 0 Å². The van der Waals surface area contributed by atoms with Crippen LogP contribution in [0.15, 0.2) is 34.1 Å². The summed E-state index contributed by atoms with van der Waals surface area (Å²) in [5, 5.41) is 0. The van der Waals surface area contributed by atoms with Crippen molar-refractivity contribution in [1.82, 2.24) is 0 Å². The summed E-state index contributed by atoms with van der Waals surface area (Å²) in [5.41, 5.74) is 0. The summed E-state index contributed by atoms with van der Waals surface area (Å²) in [7, 11) is -9.31. The molecule has 0 spiro atoms. The van der Waals surface area contributed by atoms with Gasteiger partial charge in [0.1, 0.15) is 9.79 Å². The third-order valence-corrected chi connectivity index (χ3v) is 3.36. The molecule has 0 amide bonds. The van der Waals surface area contributed by atoms with Gasteiger partial charge in [-0.25, -0.2) is 0 Å². The molecule has 0 aromatic heterocycles. The second-order valence-corrected chi connectivity index (χ2v) is 5.18. The van der Waals surface area contributed by atoms with Gasteiger partial charge in [0, 0.05) is 34.4 Å². The molecule has 0 aliphatic heterocycles. The van der Waals surface area contributed by atoms with E-state index in [2.05, 4.69) is 0 Å². The van der Waals surface area contributed by atoms with Crippen molar-refractivity contribution in [2.24, 2.45) is 0 Å². The van der Waals surface area contributed by atoms with Crippen molar-refractivity contribution in [2.45, 2.75) is 9.79 Å². The number of benzene rings is 1. The quantitative estimate of drug-likeness (QED) is 0.584. The molecule has 0 aliphatic carbocycles. The maximum Gasteiger partial charge on any atom is 0.295 e. The molecule has 91 valence electrons. The van der Waals surface area contributed by atoms with Gasteiger partial charge in [0.2, 0.25) is 0 Å². The molecule has 0 saturated heterocycles. The number of hydrogen-bond acceptors (Lipinski definition) is 4. The second-order valence-electron chi connectivity index (χ2n) is 2.40. The first-order chi connectivity index (χ1) is 6.23. The van der Waals surface area contributed by atoms with E-state index in [1.807, 2.05) is 0 Å². The molecule has 0 aliphatic rings. The van der Waals surface area contributed by atoms with Crippen LogP contribution in [0.25, 0.3) is 0 Å². The van der Waals surface area contributed by atoms with E-state index in [1.54, 1.807) is 0 Å². The summed E-state index contributed by atoms with van der Waals surface area (Å²) in [4.78, 5) is -1.69. The predicted octanol–water partition coefficient (Wildman–Crippen LogP) is 0.175. The Hall–Kier alpha value is 0.0919. The van der Waals surface area contributed by atoms with Gasteiger partial charge in [-0.1, -0.05) is 12.1 Å². The average molecular weight is 345 g/mol. The topological polar surface area (TPSA) is 109 Å². The Labute approximate surface area is 114 Å². The zero-order valence-corrected chi connectivity index (χ0v) is 11.5. The molecular weight excluding hydrogens is 339 g/mol. The summed E-state index contributed by atoms with van der Waals surface area (Å²) in [6.45, 7) is 0. The van der Waals surface area contributed by atoms with Crippen molar-refractivity contribution >= 4 is 20.2 Å². The minimum absolute atomic E-state index is 0. The van der Waals surface area contributed by atoms with Crippen LogP contribution in [-0.4, -0.2) is 25.9 Å². The Morgan fingerprint density at radius 1 is 0.812 bits per heavy atom. The maximum absolute atomic E-state index is 10.7. The minimum atomic E-state index is -4.66. The van der Waals surface area contributed by atoms with Crippen molar-refractivity contribution in [3.8, 4) is 0 Å². The molecular formula is C6H6CrMnO6S2. The van der Waals surface area contributed by atoms with Gasteiger partial charge in [-0.05, 0) is 12.1 Å². The van der Waals surface area contributed by atoms with Crippen molar-refractivity contribution in [3.05, 3.63) is 24.3 Å². The first-order valence-electron chi connectivity index (χ1n) is 3.27. The fourth-order valence-corrected chi connectivity index (χ4v) is 2.65. The average Bonchev–Trinajstić information content (AvgIpc) is 2.01. The molecule has 10 heteroatoms. The Kier molecular flexibility index (Phi) is 7.08. The van der Waals surface area contributed by atoms with E-state index in [9.17, 15) is 16.8 Å². The summed E-state index contributed by atoms with van der Waals surface area (Å²) >= 11 is 0. The van der Waals surface area contributed by atoms with Gasteiger partial charge < -0.3 is 0 Å². The molecule has 0 saturated carbocycles. The van der Waals surface area contributed by atoms with Crippen LogP contribution in [0.2, 0.25) is 0 Å². The normalized spacial score (nSPS) is 11.1. The van der Waals surface area contributed by atoms with E-state index in [0.717, 1.165) is 12.1 Å². The second kappa shape index (κ2) is 6.14. The van der Waals surface area contributed by atoms with Gasteiger partial charge in [0.15, 0.2) is 0 Å². The van der Waals surface area contributed by atoms with Crippen LogP contribution < -0.4 is 0 Å². The number of rotatable bonds is 2. The smallest absolute Gasteiger partial charge is 0.282 e. The maximum atomic E-state index is 10.7. The number of hydrogen-bond donors (Lipinski definition) is 2. The first kappa shape index (κ1) is 18.5. The van der Waals surface area contributed by atoms with E-state index in [1.165, 1.54) is 12.1 Å². The standard InChI is InChI=1S/C6H6O6S2.Cr.Mn/c7-13(8,9)5-3-1-2-4-6(5)14(10,11)12;;/h1-4H,(H,7,8,9)(H,10,11,12);;. The molecule has 16 heavy (non-hydrogen) atoms. The molecule has 0 fully saturated rings. The molecule has 0 bridgehead atoms. The molecule has 1 aromatic rings. The van der Waals surface area contributed by atoms with E-state index < -0.39 is 30.0 Å². The third kappa shape index (κ3) is 4.53. The van der Waals surface area contributed by atoms with Crippen molar-refractivity contribution in [1.29, 1.82) is 0 Å². The Morgan fingerprint density at radius 2 is 1.06 bits per heavy atom. The van der Waals surface area contributed by atoms with E-state index in [4.69, 9.17) is 9.11 Å². The van der Waals surface area contributed by atoms with Crippen molar-refractivity contribution in [3.63, 3.8) is 0 Å². The molecule has 0 atom stereocenters. The van der Waals surface area contributed by atoms with Crippen LogP contribution in [0.1, 0.15) is 0 Å². The van der Waals surface area contributed by atoms with Gasteiger partial charge in [-0.15, -0.1) is 0 Å². The summed E-state index contributed by atoms with van der Waals surface area (Å²) < 4.78 is 60.0. The van der Waals surface area contributed by atoms with Gasteiger partial charge >= 0.3 is 0 Å². The first-order valence-corrected chi connectivity index (χ1v) is 6.15. The van der Waals surface area contributed by atoms with E-state index >= 15 is 0 Å². The van der Waals surface area contributed by atoms with Crippen LogP contribution in [0.5, 0.6) is 0 Å². The zero-order valence-electron chi connectivity index (χ0n) is 7.44. The van der Waals surface area contributed by atoms with Crippen LogP contribution in [0.4, 0.5) is 0 Å². The van der Waals surface area contributed by atoms with E-state index in [0.29, 0.717) is 0 Å². The van der Waals surface area contributed by atoms with Crippen LogP contribution in [-0.2, 0) is 54.7 Å². The molecule has 2 N–H and O–H groups in total. The minimum Gasteiger partial charge on any atom is -0.282 e. The third-order valence-electron chi connectivity index (χ3n) is 1.40. The summed E-state index contributed by atoms with van der Waals surface area (Å²) in [6, 6.07) is 4.19. The summed E-state index contributed by atoms with van der Waals surface area (Å²) in [6.07, 6.45) is 0. The Balaban J connectivity index is 0. The van der Waals surface area contributed by atoms with Crippen LogP contribution in [0, 0.1) is 0 Å². The largest absolute Gasteiger partial charge is 0.295 e. The SMILES string of the molecule is O=S(=O)(O)c1ccccc1S(=O)(=O)O.[Cr].[Mn]. The molecule has 6 nitrogen and oxygen atoms in total. The monoisotopic (exact) mass is 345 g/mol. The van der Waals surface area contributed by atoms with E-state index in [-0.39, 0.29) is 34.4 Å². The molecule has 1 aromatic carbocycles. The summed E-state index contributed by atoms with van der Waals surface area (Å²) in [5.74, 6) is 0. The van der Waals surface area contributed by atoms with Gasteiger partial charge in [0.25, 0.3) is 20.2 Å². The molecule has 1 radical (unpaired) electrons. The van der Waals surface area contributed by atoms with Crippen molar-refractivity contribution in [2.75, 3.05) is 0 Å². The van der Waals surface area contributed by atoms with Crippen LogP contribution >= 0.6 is 0 Å².